The maximum absolute atomic E-state index is 12.9. The SMILES string of the molecule is CCCN1Cc2ccc(F)cc2C1=N. The summed E-state index contributed by atoms with van der Waals surface area (Å²) in [5.74, 6) is 0.202. The molecule has 74 valence electrons. The molecular formula is C11H13FN2. The van der Waals surface area contributed by atoms with Crippen molar-refractivity contribution in [1.29, 1.82) is 5.41 Å². The van der Waals surface area contributed by atoms with Crippen LogP contribution in [-0.2, 0) is 6.54 Å². The second-order valence-electron chi connectivity index (χ2n) is 3.57. The van der Waals surface area contributed by atoms with Crippen LogP contribution in [-0.4, -0.2) is 17.3 Å². The van der Waals surface area contributed by atoms with Crippen LogP contribution in [0.25, 0.3) is 0 Å². The minimum atomic E-state index is -0.258. The maximum Gasteiger partial charge on any atom is 0.128 e. The molecule has 0 aromatic heterocycles. The highest BCUT2D eigenvalue weighted by molar-refractivity contribution is 6.00. The number of nitrogens with one attached hydrogen (secondary N) is 1. The molecule has 2 rings (SSSR count). The second-order valence-corrected chi connectivity index (χ2v) is 3.57. The smallest absolute Gasteiger partial charge is 0.128 e. The topological polar surface area (TPSA) is 27.1 Å². The molecule has 0 atom stereocenters. The van der Waals surface area contributed by atoms with Crippen molar-refractivity contribution >= 4 is 5.84 Å². The Bertz CT molecular complexity index is 374. The standard InChI is InChI=1S/C11H13FN2/c1-2-5-14-7-8-3-4-9(12)6-10(8)11(14)13/h3-4,6,13H,2,5,7H2,1H3. The van der Waals surface area contributed by atoms with E-state index in [9.17, 15) is 4.39 Å². The van der Waals surface area contributed by atoms with Gasteiger partial charge in [-0.15, -0.1) is 0 Å². The first-order valence-electron chi connectivity index (χ1n) is 4.84. The predicted octanol–water partition coefficient (Wildman–Crippen LogP) is 2.38. The predicted molar refractivity (Wildman–Crippen MR) is 53.9 cm³/mol. The van der Waals surface area contributed by atoms with Gasteiger partial charge in [-0.3, -0.25) is 5.41 Å². The van der Waals surface area contributed by atoms with Gasteiger partial charge in [-0.05, 0) is 24.1 Å². The van der Waals surface area contributed by atoms with Crippen molar-refractivity contribution in [3.05, 3.63) is 35.1 Å². The van der Waals surface area contributed by atoms with Crippen LogP contribution in [0.1, 0.15) is 24.5 Å². The van der Waals surface area contributed by atoms with Crippen molar-refractivity contribution in [3.8, 4) is 0 Å². The molecule has 0 fully saturated rings. The van der Waals surface area contributed by atoms with E-state index in [-0.39, 0.29) is 5.82 Å². The average Bonchev–Trinajstić information content (AvgIpc) is 2.46. The number of hydrogen-bond donors (Lipinski definition) is 1. The quantitative estimate of drug-likeness (QED) is 0.765. The highest BCUT2D eigenvalue weighted by Crippen LogP contribution is 2.23. The van der Waals surface area contributed by atoms with Gasteiger partial charge in [0.2, 0.25) is 0 Å². The van der Waals surface area contributed by atoms with Crippen molar-refractivity contribution in [1.82, 2.24) is 4.90 Å². The van der Waals surface area contributed by atoms with Crippen LogP contribution >= 0.6 is 0 Å². The average molecular weight is 192 g/mol. The third-order valence-electron chi connectivity index (χ3n) is 2.50. The number of benzene rings is 1. The van der Waals surface area contributed by atoms with Gasteiger partial charge in [0.1, 0.15) is 11.7 Å². The molecular weight excluding hydrogens is 179 g/mol. The van der Waals surface area contributed by atoms with E-state index in [0.717, 1.165) is 30.6 Å². The summed E-state index contributed by atoms with van der Waals surface area (Å²) in [6.07, 6.45) is 1.01. The Kier molecular flexibility index (Phi) is 2.23. The van der Waals surface area contributed by atoms with E-state index < -0.39 is 0 Å². The molecule has 1 aliphatic rings. The Balaban J connectivity index is 2.31. The van der Waals surface area contributed by atoms with Gasteiger partial charge < -0.3 is 4.90 Å². The van der Waals surface area contributed by atoms with E-state index in [0.29, 0.717) is 5.84 Å². The normalized spacial score (nSPS) is 14.7. The van der Waals surface area contributed by atoms with Crippen molar-refractivity contribution in [2.24, 2.45) is 0 Å². The van der Waals surface area contributed by atoms with Crippen LogP contribution < -0.4 is 0 Å². The summed E-state index contributed by atoms with van der Waals surface area (Å²) < 4.78 is 12.9. The van der Waals surface area contributed by atoms with Gasteiger partial charge in [0.15, 0.2) is 0 Å². The summed E-state index contributed by atoms with van der Waals surface area (Å²) in [4.78, 5) is 1.98. The minimum absolute atomic E-state index is 0.258. The largest absolute Gasteiger partial charge is 0.352 e. The number of fused-ring (bicyclic) bond motifs is 1. The van der Waals surface area contributed by atoms with Crippen LogP contribution in [0.5, 0.6) is 0 Å². The summed E-state index contributed by atoms with van der Waals surface area (Å²) in [6, 6.07) is 4.68. The van der Waals surface area contributed by atoms with Crippen molar-refractivity contribution in [2.45, 2.75) is 19.9 Å². The fourth-order valence-electron chi connectivity index (χ4n) is 1.82. The summed E-state index contributed by atoms with van der Waals surface area (Å²) in [7, 11) is 0. The van der Waals surface area contributed by atoms with Crippen LogP contribution in [0.3, 0.4) is 0 Å². The summed E-state index contributed by atoms with van der Waals surface area (Å²) >= 11 is 0. The maximum atomic E-state index is 12.9. The first kappa shape index (κ1) is 9.19. The van der Waals surface area contributed by atoms with Crippen LogP contribution in [0, 0.1) is 11.2 Å². The lowest BCUT2D eigenvalue weighted by molar-refractivity contribution is 0.427. The Morgan fingerprint density at radius 1 is 1.50 bits per heavy atom. The highest BCUT2D eigenvalue weighted by atomic mass is 19.1. The lowest BCUT2D eigenvalue weighted by atomic mass is 10.1. The van der Waals surface area contributed by atoms with Gasteiger partial charge in [0, 0.05) is 18.7 Å². The molecule has 0 aliphatic carbocycles. The Hall–Kier alpha value is -1.38. The summed E-state index contributed by atoms with van der Waals surface area (Å²) in [5, 5.41) is 7.85. The highest BCUT2D eigenvalue weighted by Gasteiger charge is 2.23. The van der Waals surface area contributed by atoms with E-state index in [1.54, 1.807) is 6.07 Å². The fourth-order valence-corrected chi connectivity index (χ4v) is 1.82. The zero-order chi connectivity index (χ0) is 10.1. The minimum Gasteiger partial charge on any atom is -0.352 e. The van der Waals surface area contributed by atoms with Gasteiger partial charge in [0.05, 0.1) is 0 Å². The van der Waals surface area contributed by atoms with Crippen molar-refractivity contribution < 1.29 is 4.39 Å². The molecule has 0 radical (unpaired) electrons. The molecule has 1 aromatic rings. The number of hydrogen-bond acceptors (Lipinski definition) is 1. The van der Waals surface area contributed by atoms with Gasteiger partial charge in [-0.25, -0.2) is 4.39 Å². The Morgan fingerprint density at radius 2 is 2.29 bits per heavy atom. The number of amidine groups is 1. The van der Waals surface area contributed by atoms with E-state index in [2.05, 4.69) is 6.92 Å². The molecule has 1 aliphatic heterocycles. The third kappa shape index (κ3) is 1.39. The molecule has 14 heavy (non-hydrogen) atoms. The number of rotatable bonds is 2. The van der Waals surface area contributed by atoms with Gasteiger partial charge in [-0.1, -0.05) is 13.0 Å². The number of halogens is 1. The molecule has 3 heteroatoms. The van der Waals surface area contributed by atoms with Crippen LogP contribution in [0.4, 0.5) is 4.39 Å². The molecule has 0 saturated heterocycles. The lowest BCUT2D eigenvalue weighted by Gasteiger charge is -2.15. The molecule has 2 nitrogen and oxygen atoms in total. The van der Waals surface area contributed by atoms with Crippen molar-refractivity contribution in [3.63, 3.8) is 0 Å². The van der Waals surface area contributed by atoms with Crippen LogP contribution in [0.2, 0.25) is 0 Å². The van der Waals surface area contributed by atoms with E-state index in [1.165, 1.54) is 12.1 Å². The molecule has 0 bridgehead atoms. The van der Waals surface area contributed by atoms with Gasteiger partial charge in [0.25, 0.3) is 0 Å². The van der Waals surface area contributed by atoms with E-state index in [4.69, 9.17) is 5.41 Å². The zero-order valence-electron chi connectivity index (χ0n) is 8.18. The van der Waals surface area contributed by atoms with Crippen molar-refractivity contribution in [2.75, 3.05) is 6.54 Å². The molecule has 1 heterocycles. The third-order valence-corrected chi connectivity index (χ3v) is 2.50. The molecule has 1 aromatic carbocycles. The van der Waals surface area contributed by atoms with E-state index in [1.807, 2.05) is 4.90 Å². The summed E-state index contributed by atoms with van der Waals surface area (Å²) in [5.41, 5.74) is 1.81. The fraction of sp³-hybridized carbons (Fsp3) is 0.364. The first-order valence-corrected chi connectivity index (χ1v) is 4.84. The number of nitrogens with zero attached hydrogens (tertiary/aromatic N) is 1. The second kappa shape index (κ2) is 3.40. The Morgan fingerprint density at radius 3 is 3.00 bits per heavy atom. The molecule has 0 amide bonds. The van der Waals surface area contributed by atoms with Gasteiger partial charge in [-0.2, -0.15) is 0 Å². The molecule has 0 spiro atoms. The molecule has 1 N–H and O–H groups in total. The molecule has 0 unspecified atom stereocenters. The van der Waals surface area contributed by atoms with Crippen LogP contribution in [0.15, 0.2) is 18.2 Å². The summed E-state index contributed by atoms with van der Waals surface area (Å²) in [6.45, 7) is 3.70. The lowest BCUT2D eigenvalue weighted by Crippen LogP contribution is -2.24. The van der Waals surface area contributed by atoms with Gasteiger partial charge >= 0.3 is 0 Å². The Labute approximate surface area is 82.9 Å². The first-order chi connectivity index (χ1) is 6.72. The van der Waals surface area contributed by atoms with E-state index >= 15 is 0 Å². The monoisotopic (exact) mass is 192 g/mol. The molecule has 0 saturated carbocycles. The zero-order valence-corrected chi connectivity index (χ0v) is 8.18.